The van der Waals surface area contributed by atoms with Gasteiger partial charge in [-0.1, -0.05) is 41.4 Å². The van der Waals surface area contributed by atoms with Crippen LogP contribution in [0, 0.1) is 35.3 Å². The quantitative estimate of drug-likeness (QED) is 0.317. The standard InChI is InChI=1S/C33H26ClF2N3O5/c1-38-29(41)22-12-11-21-23(27(22)31(38)43)15-24-30(42)39(37-20-9-7-19(35)8-10-20)32(44)33(24,17-3-5-18(34)6-4-17)28(21)16-2-13-26(40)25(36)14-16/h2-11,13-14,22-24,27-28,37,40H,12,15H2,1H3. The molecule has 6 atom stereocenters. The molecule has 0 spiro atoms. The van der Waals surface area contributed by atoms with Gasteiger partial charge in [-0.15, -0.1) is 0 Å². The zero-order valence-corrected chi connectivity index (χ0v) is 24.1. The van der Waals surface area contributed by atoms with Gasteiger partial charge in [0.1, 0.15) is 5.82 Å². The maximum absolute atomic E-state index is 15.0. The van der Waals surface area contributed by atoms with Gasteiger partial charge in [0.2, 0.25) is 11.8 Å². The lowest BCUT2D eigenvalue weighted by Gasteiger charge is -2.50. The number of nitrogens with zero attached hydrogens (tertiary/aromatic N) is 2. The molecule has 0 radical (unpaired) electrons. The number of imide groups is 2. The maximum Gasteiger partial charge on any atom is 0.260 e. The van der Waals surface area contributed by atoms with Gasteiger partial charge in [-0.2, -0.15) is 5.01 Å². The first-order valence-corrected chi connectivity index (χ1v) is 14.6. The number of fused-ring (bicyclic) bond motifs is 4. The van der Waals surface area contributed by atoms with Gasteiger partial charge in [0, 0.05) is 18.0 Å². The van der Waals surface area contributed by atoms with Crippen LogP contribution < -0.4 is 5.43 Å². The fourth-order valence-electron chi connectivity index (χ4n) is 7.89. The Hall–Kier alpha value is -4.57. The van der Waals surface area contributed by atoms with E-state index in [1.54, 1.807) is 24.3 Å². The molecule has 0 aromatic heterocycles. The summed E-state index contributed by atoms with van der Waals surface area (Å²) < 4.78 is 28.7. The Bertz CT molecular complexity index is 1780. The second-order valence-corrected chi connectivity index (χ2v) is 12.3. The van der Waals surface area contributed by atoms with Gasteiger partial charge < -0.3 is 5.11 Å². The van der Waals surface area contributed by atoms with Gasteiger partial charge in [-0.05, 0) is 78.4 Å². The van der Waals surface area contributed by atoms with Crippen LogP contribution in [0.5, 0.6) is 5.75 Å². The summed E-state index contributed by atoms with van der Waals surface area (Å²) in [7, 11) is 1.44. The Morgan fingerprint density at radius 2 is 1.61 bits per heavy atom. The summed E-state index contributed by atoms with van der Waals surface area (Å²) >= 11 is 6.24. The van der Waals surface area contributed by atoms with E-state index >= 15 is 4.39 Å². The molecule has 2 aliphatic carbocycles. The van der Waals surface area contributed by atoms with Crippen molar-refractivity contribution < 1.29 is 33.1 Å². The number of hydrazine groups is 1. The molecule has 3 aromatic carbocycles. The van der Waals surface area contributed by atoms with Crippen LogP contribution in [0.15, 0.2) is 78.4 Å². The molecule has 7 rings (SSSR count). The van der Waals surface area contributed by atoms with Gasteiger partial charge in [0.25, 0.3) is 11.8 Å². The first kappa shape index (κ1) is 28.2. The Morgan fingerprint density at radius 3 is 2.30 bits per heavy atom. The number of hydrogen-bond acceptors (Lipinski definition) is 6. The summed E-state index contributed by atoms with van der Waals surface area (Å²) in [4.78, 5) is 56.9. The zero-order valence-electron chi connectivity index (χ0n) is 23.3. The highest BCUT2D eigenvalue weighted by Crippen LogP contribution is 2.64. The molecule has 2 saturated heterocycles. The van der Waals surface area contributed by atoms with Crippen molar-refractivity contribution in [3.05, 3.63) is 106 Å². The van der Waals surface area contributed by atoms with Crippen LogP contribution in [0.1, 0.15) is 29.9 Å². The Morgan fingerprint density at radius 1 is 0.909 bits per heavy atom. The maximum atomic E-state index is 15.0. The number of nitrogens with one attached hydrogen (secondary N) is 1. The lowest BCUT2D eigenvalue weighted by Crippen LogP contribution is -2.53. The van der Waals surface area contributed by atoms with E-state index in [4.69, 9.17) is 11.6 Å². The first-order valence-electron chi connectivity index (χ1n) is 14.2. The normalized spacial score (nSPS) is 29.4. The van der Waals surface area contributed by atoms with Crippen molar-refractivity contribution in [3.63, 3.8) is 0 Å². The highest BCUT2D eigenvalue weighted by atomic mass is 35.5. The number of halogens is 3. The van der Waals surface area contributed by atoms with Crippen molar-refractivity contribution in [1.29, 1.82) is 0 Å². The monoisotopic (exact) mass is 617 g/mol. The van der Waals surface area contributed by atoms with E-state index in [0.717, 1.165) is 16.0 Å². The van der Waals surface area contributed by atoms with Gasteiger partial charge in [0.15, 0.2) is 11.6 Å². The number of phenols is 1. The van der Waals surface area contributed by atoms with Crippen molar-refractivity contribution >= 4 is 40.9 Å². The van der Waals surface area contributed by atoms with Crippen molar-refractivity contribution in [1.82, 2.24) is 9.91 Å². The molecule has 4 aliphatic rings. The molecular weight excluding hydrogens is 592 g/mol. The molecule has 8 nitrogen and oxygen atoms in total. The minimum absolute atomic E-state index is 0.0751. The minimum atomic E-state index is -1.62. The number of amides is 4. The average molecular weight is 618 g/mol. The Balaban J connectivity index is 1.47. The van der Waals surface area contributed by atoms with Crippen LogP contribution in [-0.2, 0) is 24.6 Å². The van der Waals surface area contributed by atoms with E-state index in [0.29, 0.717) is 27.4 Å². The summed E-state index contributed by atoms with van der Waals surface area (Å²) in [6.45, 7) is 0. The number of aromatic hydroxyl groups is 1. The van der Waals surface area contributed by atoms with Crippen molar-refractivity contribution in [2.75, 3.05) is 12.5 Å². The first-order chi connectivity index (χ1) is 21.0. The summed E-state index contributed by atoms with van der Waals surface area (Å²) in [5.41, 5.74) is 2.96. The number of benzene rings is 3. The molecule has 6 unspecified atom stereocenters. The van der Waals surface area contributed by atoms with E-state index in [1.807, 2.05) is 6.08 Å². The molecule has 2 heterocycles. The van der Waals surface area contributed by atoms with Gasteiger partial charge in [-0.25, -0.2) is 8.78 Å². The lowest BCUT2D eigenvalue weighted by molar-refractivity contribution is -0.140. The number of likely N-dealkylation sites (tertiary alicyclic amines) is 1. The fraction of sp³-hybridized carbons (Fsp3) is 0.273. The second kappa shape index (κ2) is 9.99. The van der Waals surface area contributed by atoms with E-state index in [2.05, 4.69) is 5.43 Å². The van der Waals surface area contributed by atoms with Gasteiger partial charge >= 0.3 is 0 Å². The zero-order chi connectivity index (χ0) is 31.1. The van der Waals surface area contributed by atoms with Gasteiger partial charge in [-0.3, -0.25) is 29.5 Å². The third-order valence-electron chi connectivity index (χ3n) is 9.78. The number of phenolic OH excluding ortho intramolecular Hbond substituents is 1. The van der Waals surface area contributed by atoms with Crippen molar-refractivity contribution in [2.45, 2.75) is 24.2 Å². The molecule has 4 amide bonds. The fourth-order valence-corrected chi connectivity index (χ4v) is 8.02. The minimum Gasteiger partial charge on any atom is -0.505 e. The number of carbonyl (C=O) groups is 4. The van der Waals surface area contributed by atoms with Crippen LogP contribution in [0.3, 0.4) is 0 Å². The highest BCUT2D eigenvalue weighted by molar-refractivity contribution is 6.30. The van der Waals surface area contributed by atoms with Crippen LogP contribution in [-0.4, -0.2) is 45.7 Å². The SMILES string of the molecule is CN1C(=O)C2CC=C3C(CC4C(=O)N(Nc5ccc(F)cc5)C(=O)C4(c4ccc(Cl)cc4)C3c3ccc(O)c(F)c3)C2C1=O. The summed E-state index contributed by atoms with van der Waals surface area (Å²) in [6.07, 6.45) is 2.17. The molecule has 3 fully saturated rings. The smallest absolute Gasteiger partial charge is 0.260 e. The van der Waals surface area contributed by atoms with Crippen LogP contribution in [0.2, 0.25) is 5.02 Å². The molecule has 0 bridgehead atoms. The number of anilines is 1. The van der Waals surface area contributed by atoms with Crippen LogP contribution >= 0.6 is 11.6 Å². The lowest BCUT2D eigenvalue weighted by atomic mass is 9.49. The third kappa shape index (κ3) is 3.86. The molecular formula is C33H26ClF2N3O5. The number of hydrogen-bond donors (Lipinski definition) is 2. The Kier molecular flexibility index (Phi) is 6.40. The molecule has 44 heavy (non-hydrogen) atoms. The number of carbonyl (C=O) groups excluding carboxylic acids is 4. The summed E-state index contributed by atoms with van der Waals surface area (Å²) in [6, 6.07) is 15.6. The summed E-state index contributed by atoms with van der Waals surface area (Å²) in [5, 5.41) is 11.4. The number of rotatable bonds is 4. The Labute approximate surface area is 255 Å². The topological polar surface area (TPSA) is 107 Å². The predicted octanol–water partition coefficient (Wildman–Crippen LogP) is 4.94. The van der Waals surface area contributed by atoms with E-state index in [1.165, 1.54) is 43.4 Å². The molecule has 2 N–H and O–H groups in total. The predicted molar refractivity (Wildman–Crippen MR) is 155 cm³/mol. The third-order valence-corrected chi connectivity index (χ3v) is 10.0. The van der Waals surface area contributed by atoms with E-state index in [-0.39, 0.29) is 24.7 Å². The van der Waals surface area contributed by atoms with Crippen LogP contribution in [0.4, 0.5) is 14.5 Å². The number of allylic oxidation sites excluding steroid dienone is 2. The molecule has 11 heteroatoms. The second-order valence-electron chi connectivity index (χ2n) is 11.8. The molecule has 2 aliphatic heterocycles. The average Bonchev–Trinajstić information content (AvgIpc) is 3.36. The van der Waals surface area contributed by atoms with E-state index in [9.17, 15) is 28.7 Å². The molecule has 1 saturated carbocycles. The van der Waals surface area contributed by atoms with Crippen molar-refractivity contribution in [2.24, 2.45) is 23.7 Å². The van der Waals surface area contributed by atoms with E-state index < -0.39 is 64.2 Å². The molecule has 3 aromatic rings. The largest absolute Gasteiger partial charge is 0.505 e. The van der Waals surface area contributed by atoms with Crippen molar-refractivity contribution in [3.8, 4) is 5.75 Å². The van der Waals surface area contributed by atoms with Crippen LogP contribution in [0.25, 0.3) is 0 Å². The highest BCUT2D eigenvalue weighted by Gasteiger charge is 2.70. The molecule has 224 valence electrons. The van der Waals surface area contributed by atoms with Gasteiger partial charge in [0.05, 0.1) is 28.9 Å². The summed E-state index contributed by atoms with van der Waals surface area (Å²) in [5.74, 6) is -7.79.